The van der Waals surface area contributed by atoms with Gasteiger partial charge in [0.05, 0.1) is 11.4 Å². The van der Waals surface area contributed by atoms with Crippen LogP contribution in [0.25, 0.3) is 5.69 Å². The molecule has 7 heteroatoms. The number of hydrogen-bond acceptors (Lipinski definition) is 5. The van der Waals surface area contributed by atoms with Gasteiger partial charge in [0, 0.05) is 5.69 Å². The van der Waals surface area contributed by atoms with E-state index in [0.717, 1.165) is 23.4 Å². The lowest BCUT2D eigenvalue weighted by atomic mass is 10.1. The van der Waals surface area contributed by atoms with Crippen LogP contribution in [-0.2, 0) is 11.2 Å². The highest BCUT2D eigenvalue weighted by Crippen LogP contribution is 2.20. The molecule has 0 fully saturated rings. The third-order valence-corrected chi connectivity index (χ3v) is 5.11. The second-order valence-corrected chi connectivity index (χ2v) is 7.24. The molecule has 0 bridgehead atoms. The maximum atomic E-state index is 12.2. The summed E-state index contributed by atoms with van der Waals surface area (Å²) in [5.74, 6) is 0.155. The van der Waals surface area contributed by atoms with Gasteiger partial charge in [-0.05, 0) is 59.5 Å². The molecule has 2 aromatic carbocycles. The van der Waals surface area contributed by atoms with Crippen LogP contribution in [-0.4, -0.2) is 31.9 Å². The monoisotopic (exact) mass is 381 g/mol. The Bertz CT molecular complexity index is 891. The number of nitrogens with zero attached hydrogens (tertiary/aromatic N) is 4. The molecule has 0 saturated heterocycles. The van der Waals surface area contributed by atoms with Gasteiger partial charge in [-0.1, -0.05) is 55.4 Å². The fourth-order valence-corrected chi connectivity index (χ4v) is 3.34. The number of carbonyl (C=O) groups excluding carboxylic acids is 1. The number of para-hydroxylation sites is 1. The van der Waals surface area contributed by atoms with Crippen molar-refractivity contribution in [1.82, 2.24) is 20.2 Å². The Labute approximate surface area is 163 Å². The first-order valence-electron chi connectivity index (χ1n) is 9.03. The molecule has 0 aliphatic carbocycles. The van der Waals surface area contributed by atoms with Gasteiger partial charge in [0.15, 0.2) is 0 Å². The summed E-state index contributed by atoms with van der Waals surface area (Å²) in [5, 5.41) is 15.4. The lowest BCUT2D eigenvalue weighted by Gasteiger charge is -2.08. The zero-order chi connectivity index (χ0) is 19.1. The van der Waals surface area contributed by atoms with Crippen molar-refractivity contribution in [3.05, 3.63) is 59.7 Å². The van der Waals surface area contributed by atoms with E-state index in [0.29, 0.717) is 5.16 Å². The summed E-state index contributed by atoms with van der Waals surface area (Å²) in [5.41, 5.74) is 4.05. The van der Waals surface area contributed by atoms with Gasteiger partial charge < -0.3 is 5.32 Å². The lowest BCUT2D eigenvalue weighted by Crippen LogP contribution is -2.15. The molecule has 0 unspecified atom stereocenters. The Morgan fingerprint density at radius 1 is 1.15 bits per heavy atom. The molecule has 0 radical (unpaired) electrons. The van der Waals surface area contributed by atoms with Crippen LogP contribution < -0.4 is 5.32 Å². The normalized spacial score (nSPS) is 10.7. The number of benzene rings is 2. The Morgan fingerprint density at radius 2 is 1.93 bits per heavy atom. The summed E-state index contributed by atoms with van der Waals surface area (Å²) < 4.78 is 1.66. The average Bonchev–Trinajstić information content (AvgIpc) is 3.15. The molecular weight excluding hydrogens is 358 g/mol. The van der Waals surface area contributed by atoms with Gasteiger partial charge in [-0.15, -0.1) is 5.10 Å². The number of rotatable bonds is 8. The Balaban J connectivity index is 1.61. The van der Waals surface area contributed by atoms with Gasteiger partial charge in [-0.2, -0.15) is 4.68 Å². The molecule has 1 aromatic heterocycles. The maximum absolute atomic E-state index is 12.2. The summed E-state index contributed by atoms with van der Waals surface area (Å²) in [6, 6.07) is 15.9. The first kappa shape index (κ1) is 19.1. The number of unbranched alkanes of at least 4 members (excludes halogenated alkanes) is 1. The number of nitrogens with one attached hydrogen (secondary N) is 1. The fraction of sp³-hybridized carbons (Fsp3) is 0.300. The molecule has 1 N–H and O–H groups in total. The molecule has 1 amide bonds. The second kappa shape index (κ2) is 9.32. The van der Waals surface area contributed by atoms with Crippen molar-refractivity contribution >= 4 is 23.4 Å². The molecule has 0 saturated carbocycles. The Morgan fingerprint density at radius 3 is 2.67 bits per heavy atom. The average molecular weight is 382 g/mol. The molecule has 0 spiro atoms. The van der Waals surface area contributed by atoms with Crippen LogP contribution in [0.5, 0.6) is 0 Å². The Hall–Kier alpha value is -2.67. The zero-order valence-corrected chi connectivity index (χ0v) is 16.4. The standard InChI is InChI=1S/C20H23N5OS/c1-3-4-8-16-10-12-17(13-11-16)25-20(22-23-24-25)27-14-19(26)21-18-9-6-5-7-15(18)2/h5-7,9-13H,3-4,8,14H2,1-2H3,(H,21,26). The summed E-state index contributed by atoms with van der Waals surface area (Å²) >= 11 is 1.31. The summed E-state index contributed by atoms with van der Waals surface area (Å²) in [4.78, 5) is 12.2. The van der Waals surface area contributed by atoms with Crippen molar-refractivity contribution in [3.8, 4) is 5.69 Å². The number of tetrazole rings is 1. The van der Waals surface area contributed by atoms with Crippen molar-refractivity contribution < 1.29 is 4.79 Å². The quantitative estimate of drug-likeness (QED) is 0.596. The van der Waals surface area contributed by atoms with Gasteiger partial charge in [0.25, 0.3) is 0 Å². The number of aromatic nitrogens is 4. The Kier molecular flexibility index (Phi) is 6.59. The van der Waals surface area contributed by atoms with Gasteiger partial charge in [-0.3, -0.25) is 4.79 Å². The predicted molar refractivity (Wildman–Crippen MR) is 108 cm³/mol. The third kappa shape index (κ3) is 5.17. The van der Waals surface area contributed by atoms with E-state index in [4.69, 9.17) is 0 Å². The van der Waals surface area contributed by atoms with Crippen LogP contribution >= 0.6 is 11.8 Å². The van der Waals surface area contributed by atoms with Gasteiger partial charge in [0.1, 0.15) is 0 Å². The first-order valence-corrected chi connectivity index (χ1v) is 10.0. The fourth-order valence-electron chi connectivity index (χ4n) is 2.65. The summed E-state index contributed by atoms with van der Waals surface area (Å²) in [6.07, 6.45) is 3.44. The molecule has 0 aliphatic rings. The number of anilines is 1. The first-order chi connectivity index (χ1) is 13.2. The number of carbonyl (C=O) groups is 1. The molecule has 27 heavy (non-hydrogen) atoms. The number of aryl methyl sites for hydroxylation is 2. The van der Waals surface area contributed by atoms with E-state index in [1.54, 1.807) is 4.68 Å². The summed E-state index contributed by atoms with van der Waals surface area (Å²) in [7, 11) is 0. The maximum Gasteiger partial charge on any atom is 0.234 e. The van der Waals surface area contributed by atoms with E-state index in [9.17, 15) is 4.79 Å². The van der Waals surface area contributed by atoms with E-state index in [1.807, 2.05) is 43.3 Å². The van der Waals surface area contributed by atoms with E-state index in [-0.39, 0.29) is 11.7 Å². The van der Waals surface area contributed by atoms with E-state index < -0.39 is 0 Å². The lowest BCUT2D eigenvalue weighted by molar-refractivity contribution is -0.113. The molecule has 3 aromatic rings. The van der Waals surface area contributed by atoms with Crippen LogP contribution in [0.1, 0.15) is 30.9 Å². The van der Waals surface area contributed by atoms with E-state index in [2.05, 4.69) is 39.9 Å². The van der Waals surface area contributed by atoms with Crippen LogP contribution in [0.3, 0.4) is 0 Å². The molecule has 0 atom stereocenters. The minimum absolute atomic E-state index is 0.0845. The summed E-state index contributed by atoms with van der Waals surface area (Å²) in [6.45, 7) is 4.15. The minimum atomic E-state index is -0.0845. The number of hydrogen-bond donors (Lipinski definition) is 1. The van der Waals surface area contributed by atoms with Gasteiger partial charge in [0.2, 0.25) is 11.1 Å². The highest BCUT2D eigenvalue weighted by Gasteiger charge is 2.12. The van der Waals surface area contributed by atoms with Gasteiger partial charge in [-0.25, -0.2) is 0 Å². The highest BCUT2D eigenvalue weighted by molar-refractivity contribution is 7.99. The zero-order valence-electron chi connectivity index (χ0n) is 15.6. The molecule has 6 nitrogen and oxygen atoms in total. The van der Waals surface area contributed by atoms with Crippen LogP contribution in [0.2, 0.25) is 0 Å². The number of thioether (sulfide) groups is 1. The SMILES string of the molecule is CCCCc1ccc(-n2nnnc2SCC(=O)Nc2ccccc2C)cc1. The molecule has 0 aliphatic heterocycles. The molecule has 1 heterocycles. The van der Waals surface area contributed by atoms with E-state index in [1.165, 1.54) is 30.2 Å². The van der Waals surface area contributed by atoms with Crippen LogP contribution in [0, 0.1) is 6.92 Å². The van der Waals surface area contributed by atoms with Crippen LogP contribution in [0.4, 0.5) is 5.69 Å². The number of amides is 1. The van der Waals surface area contributed by atoms with Crippen molar-refractivity contribution in [2.45, 2.75) is 38.3 Å². The van der Waals surface area contributed by atoms with Crippen molar-refractivity contribution in [2.24, 2.45) is 0 Å². The smallest absolute Gasteiger partial charge is 0.234 e. The molecule has 3 rings (SSSR count). The predicted octanol–water partition coefficient (Wildman–Crippen LogP) is 4.04. The minimum Gasteiger partial charge on any atom is -0.325 e. The second-order valence-electron chi connectivity index (χ2n) is 6.30. The van der Waals surface area contributed by atoms with Crippen molar-refractivity contribution in [3.63, 3.8) is 0 Å². The molecule has 140 valence electrons. The molecular formula is C20H23N5OS. The van der Waals surface area contributed by atoms with E-state index >= 15 is 0 Å². The van der Waals surface area contributed by atoms with Crippen molar-refractivity contribution in [2.75, 3.05) is 11.1 Å². The highest BCUT2D eigenvalue weighted by atomic mass is 32.2. The van der Waals surface area contributed by atoms with Crippen molar-refractivity contribution in [1.29, 1.82) is 0 Å². The van der Waals surface area contributed by atoms with Gasteiger partial charge >= 0.3 is 0 Å². The topological polar surface area (TPSA) is 72.7 Å². The van der Waals surface area contributed by atoms with Crippen LogP contribution in [0.15, 0.2) is 53.7 Å². The third-order valence-electron chi connectivity index (χ3n) is 4.19. The largest absolute Gasteiger partial charge is 0.325 e.